The zero-order valence-electron chi connectivity index (χ0n) is 15.1. The molecule has 1 aliphatic carbocycles. The van der Waals surface area contributed by atoms with Gasteiger partial charge in [-0.1, -0.05) is 36.8 Å². The Morgan fingerprint density at radius 3 is 2.65 bits per heavy atom. The van der Waals surface area contributed by atoms with E-state index in [0.717, 1.165) is 24.1 Å². The third-order valence-corrected chi connectivity index (χ3v) is 4.89. The summed E-state index contributed by atoms with van der Waals surface area (Å²) in [4.78, 5) is 4.53. The van der Waals surface area contributed by atoms with E-state index in [-0.39, 0.29) is 11.0 Å². The van der Waals surface area contributed by atoms with Gasteiger partial charge in [0.25, 0.3) is 0 Å². The maximum atomic E-state index is 6.18. The second-order valence-electron chi connectivity index (χ2n) is 7.13. The predicted octanol–water partition coefficient (Wildman–Crippen LogP) is 5.50. The minimum atomic E-state index is -0.243. The Morgan fingerprint density at radius 1 is 1.43 bits per heavy atom. The Balaban J connectivity index is 2.24. The second kappa shape index (κ2) is 6.84. The molecule has 1 heterocycles. The SMILES string of the molecule is C=C(C)CC(C)(OCC)C1(C)C=CC(c2ccc(C)cn2)=CC1. The lowest BCUT2D eigenvalue weighted by Crippen LogP contribution is -2.45. The van der Waals surface area contributed by atoms with Crippen molar-refractivity contribution in [2.24, 2.45) is 5.41 Å². The minimum absolute atomic E-state index is 0.0455. The first-order valence-corrected chi connectivity index (χ1v) is 8.40. The van der Waals surface area contributed by atoms with E-state index in [4.69, 9.17) is 4.74 Å². The lowest BCUT2D eigenvalue weighted by Gasteiger charge is -2.45. The topological polar surface area (TPSA) is 22.1 Å². The first-order valence-electron chi connectivity index (χ1n) is 8.40. The second-order valence-corrected chi connectivity index (χ2v) is 7.13. The molecule has 0 N–H and O–H groups in total. The van der Waals surface area contributed by atoms with Gasteiger partial charge in [0.1, 0.15) is 0 Å². The quantitative estimate of drug-likeness (QED) is 0.647. The molecule has 0 saturated heterocycles. The van der Waals surface area contributed by atoms with Crippen molar-refractivity contribution in [3.8, 4) is 0 Å². The van der Waals surface area contributed by atoms with E-state index < -0.39 is 0 Å². The summed E-state index contributed by atoms with van der Waals surface area (Å²) in [5.41, 5.74) is 4.28. The maximum Gasteiger partial charge on any atom is 0.0781 e. The summed E-state index contributed by atoms with van der Waals surface area (Å²) in [6, 6.07) is 4.19. The highest BCUT2D eigenvalue weighted by atomic mass is 16.5. The van der Waals surface area contributed by atoms with Crippen LogP contribution >= 0.6 is 0 Å². The van der Waals surface area contributed by atoms with Gasteiger partial charge in [-0.05, 0) is 57.7 Å². The van der Waals surface area contributed by atoms with Crippen molar-refractivity contribution < 1.29 is 4.74 Å². The third kappa shape index (κ3) is 3.81. The molecule has 0 aromatic carbocycles. The van der Waals surface area contributed by atoms with Gasteiger partial charge in [0.2, 0.25) is 0 Å². The summed E-state index contributed by atoms with van der Waals surface area (Å²) in [6.07, 6.45) is 10.5. The van der Waals surface area contributed by atoms with Crippen molar-refractivity contribution in [2.45, 2.75) is 53.1 Å². The van der Waals surface area contributed by atoms with Gasteiger partial charge in [0, 0.05) is 18.2 Å². The molecule has 0 fully saturated rings. The van der Waals surface area contributed by atoms with Crippen molar-refractivity contribution in [3.63, 3.8) is 0 Å². The molecular formula is C21H29NO. The normalized spacial score (nSPS) is 23.3. The molecule has 1 aromatic heterocycles. The average Bonchev–Trinajstić information content (AvgIpc) is 2.48. The summed E-state index contributed by atoms with van der Waals surface area (Å²) >= 11 is 0. The first-order chi connectivity index (χ1) is 10.8. The molecule has 0 radical (unpaired) electrons. The highest BCUT2D eigenvalue weighted by Gasteiger charge is 2.43. The Morgan fingerprint density at radius 2 is 2.17 bits per heavy atom. The summed E-state index contributed by atoms with van der Waals surface area (Å²) in [6.45, 7) is 15.5. The summed E-state index contributed by atoms with van der Waals surface area (Å²) in [5, 5.41) is 0. The molecule has 0 saturated carbocycles. The van der Waals surface area contributed by atoms with Gasteiger partial charge in [-0.25, -0.2) is 0 Å². The molecular weight excluding hydrogens is 282 g/mol. The van der Waals surface area contributed by atoms with Crippen molar-refractivity contribution in [2.75, 3.05) is 6.61 Å². The molecule has 124 valence electrons. The summed E-state index contributed by atoms with van der Waals surface area (Å²) in [5.74, 6) is 0. The average molecular weight is 311 g/mol. The van der Waals surface area contributed by atoms with Crippen LogP contribution in [-0.4, -0.2) is 17.2 Å². The number of nitrogens with zero attached hydrogens (tertiary/aromatic N) is 1. The van der Waals surface area contributed by atoms with Crippen LogP contribution in [0.15, 0.2) is 48.7 Å². The smallest absolute Gasteiger partial charge is 0.0781 e. The van der Waals surface area contributed by atoms with Gasteiger partial charge in [-0.3, -0.25) is 4.98 Å². The third-order valence-electron chi connectivity index (χ3n) is 4.89. The van der Waals surface area contributed by atoms with E-state index in [1.54, 1.807) is 0 Å². The van der Waals surface area contributed by atoms with E-state index in [9.17, 15) is 0 Å². The van der Waals surface area contributed by atoms with Crippen LogP contribution < -0.4 is 0 Å². The van der Waals surface area contributed by atoms with E-state index >= 15 is 0 Å². The Hall–Kier alpha value is -1.67. The van der Waals surface area contributed by atoms with Crippen LogP contribution in [0.1, 0.15) is 51.8 Å². The molecule has 1 aliphatic rings. The van der Waals surface area contributed by atoms with Crippen molar-refractivity contribution in [1.29, 1.82) is 0 Å². The number of allylic oxidation sites excluding steroid dienone is 3. The fourth-order valence-electron chi connectivity index (χ4n) is 3.26. The minimum Gasteiger partial charge on any atom is -0.374 e. The number of pyridine rings is 1. The van der Waals surface area contributed by atoms with E-state index in [2.05, 4.69) is 76.5 Å². The van der Waals surface area contributed by atoms with E-state index in [1.807, 2.05) is 6.20 Å². The summed E-state index contributed by atoms with van der Waals surface area (Å²) < 4.78 is 6.18. The van der Waals surface area contributed by atoms with Gasteiger partial charge < -0.3 is 4.74 Å². The number of aryl methyl sites for hydroxylation is 1. The highest BCUT2D eigenvalue weighted by Crippen LogP contribution is 2.46. The number of hydrogen-bond acceptors (Lipinski definition) is 2. The lowest BCUT2D eigenvalue weighted by molar-refractivity contribution is -0.0927. The molecule has 0 aliphatic heterocycles. The zero-order chi connectivity index (χ0) is 17.1. The molecule has 2 rings (SSSR count). The zero-order valence-corrected chi connectivity index (χ0v) is 15.1. The molecule has 1 aromatic rings. The van der Waals surface area contributed by atoms with E-state index in [0.29, 0.717) is 6.61 Å². The number of hydrogen-bond donors (Lipinski definition) is 0. The molecule has 23 heavy (non-hydrogen) atoms. The molecule has 2 atom stereocenters. The first kappa shape index (κ1) is 17.7. The predicted molar refractivity (Wildman–Crippen MR) is 98.3 cm³/mol. The summed E-state index contributed by atoms with van der Waals surface area (Å²) in [7, 11) is 0. The Labute approximate surface area is 141 Å². The monoisotopic (exact) mass is 311 g/mol. The molecule has 2 nitrogen and oxygen atoms in total. The molecule has 0 bridgehead atoms. The van der Waals surface area contributed by atoms with Crippen LogP contribution in [0.25, 0.3) is 5.57 Å². The Bertz CT molecular complexity index is 626. The van der Waals surface area contributed by atoms with Crippen LogP contribution in [0.5, 0.6) is 0 Å². The highest BCUT2D eigenvalue weighted by molar-refractivity contribution is 5.73. The van der Waals surface area contributed by atoms with Gasteiger partial charge in [0.15, 0.2) is 0 Å². The largest absolute Gasteiger partial charge is 0.374 e. The lowest BCUT2D eigenvalue weighted by atomic mass is 9.67. The van der Waals surface area contributed by atoms with Crippen molar-refractivity contribution >= 4 is 5.57 Å². The van der Waals surface area contributed by atoms with Gasteiger partial charge in [0.05, 0.1) is 11.3 Å². The van der Waals surface area contributed by atoms with Gasteiger partial charge >= 0.3 is 0 Å². The molecule has 2 unspecified atom stereocenters. The van der Waals surface area contributed by atoms with E-state index in [1.165, 1.54) is 11.1 Å². The number of aromatic nitrogens is 1. The Kier molecular flexibility index (Phi) is 5.26. The van der Waals surface area contributed by atoms with Crippen LogP contribution in [0, 0.1) is 12.3 Å². The van der Waals surface area contributed by atoms with Crippen LogP contribution in [0.4, 0.5) is 0 Å². The van der Waals surface area contributed by atoms with Crippen molar-refractivity contribution in [1.82, 2.24) is 4.98 Å². The molecule has 0 amide bonds. The van der Waals surface area contributed by atoms with Gasteiger partial charge in [-0.15, -0.1) is 6.58 Å². The van der Waals surface area contributed by atoms with Gasteiger partial charge in [-0.2, -0.15) is 0 Å². The fourth-order valence-corrected chi connectivity index (χ4v) is 3.26. The molecule has 2 heteroatoms. The fraction of sp³-hybridized carbons (Fsp3) is 0.476. The van der Waals surface area contributed by atoms with Crippen LogP contribution in [0.2, 0.25) is 0 Å². The standard InChI is InChI=1S/C21H29NO/c1-7-23-21(6,14-16(2)3)20(5)12-10-18(11-13-20)19-9-8-17(4)15-22-19/h8-12,15H,2,7,13-14H2,1,3-6H3. The molecule has 0 spiro atoms. The number of ether oxygens (including phenoxy) is 1. The van der Waals surface area contributed by atoms with Crippen LogP contribution in [0.3, 0.4) is 0 Å². The van der Waals surface area contributed by atoms with Crippen molar-refractivity contribution in [3.05, 3.63) is 60.0 Å². The van der Waals surface area contributed by atoms with Crippen LogP contribution in [-0.2, 0) is 4.74 Å². The maximum absolute atomic E-state index is 6.18. The number of rotatable bonds is 6.